The predicted octanol–water partition coefficient (Wildman–Crippen LogP) is 1.31. The highest BCUT2D eigenvalue weighted by Gasteiger charge is 2.18. The number of pyridine rings is 1. The number of hydrogen-bond acceptors (Lipinski definition) is 7. The van der Waals surface area contributed by atoms with E-state index in [0.717, 1.165) is 4.70 Å². The fraction of sp³-hybridized carbons (Fsp3) is 0.400. The van der Waals surface area contributed by atoms with E-state index in [0.29, 0.717) is 16.1 Å². The van der Waals surface area contributed by atoms with E-state index in [1.807, 2.05) is 13.8 Å². The van der Waals surface area contributed by atoms with Crippen molar-refractivity contribution in [2.75, 3.05) is 13.7 Å². The number of carbonyl (C=O) groups is 2. The quantitative estimate of drug-likeness (QED) is 0.770. The maximum Gasteiger partial charge on any atom is 0.324 e. The van der Waals surface area contributed by atoms with Crippen molar-refractivity contribution in [1.29, 1.82) is 0 Å². The molecule has 2 aromatic rings. The first-order valence-corrected chi connectivity index (χ1v) is 7.90. The van der Waals surface area contributed by atoms with E-state index in [9.17, 15) is 9.59 Å². The Morgan fingerprint density at radius 1 is 1.43 bits per heavy atom. The average molecular weight is 337 g/mol. The molecule has 0 aliphatic heterocycles. The lowest BCUT2D eigenvalue weighted by Crippen LogP contribution is -2.42. The normalized spacial score (nSPS) is 12.2. The third-order valence-corrected chi connectivity index (χ3v) is 4.09. The van der Waals surface area contributed by atoms with Crippen LogP contribution in [0.25, 0.3) is 10.2 Å². The summed E-state index contributed by atoms with van der Waals surface area (Å²) in [4.78, 5) is 28.1. The minimum atomic E-state index is -0.892. The van der Waals surface area contributed by atoms with Crippen molar-refractivity contribution >= 4 is 33.4 Å². The molecule has 7 nitrogen and oxygen atoms in total. The lowest BCUT2D eigenvalue weighted by atomic mass is 10.3. The maximum absolute atomic E-state index is 12.2. The van der Waals surface area contributed by atoms with Crippen LogP contribution in [0.1, 0.15) is 23.5 Å². The van der Waals surface area contributed by atoms with E-state index in [2.05, 4.69) is 15.0 Å². The number of esters is 1. The summed E-state index contributed by atoms with van der Waals surface area (Å²) in [6.45, 7) is 3.87. The zero-order chi connectivity index (χ0) is 17.0. The van der Waals surface area contributed by atoms with Crippen LogP contribution in [-0.4, -0.2) is 42.7 Å². The summed E-state index contributed by atoms with van der Waals surface area (Å²) < 4.78 is 11.0. The number of methoxy groups -OCH3 is 1. The molecular weight excluding hydrogens is 318 g/mol. The minimum absolute atomic E-state index is 0.00251. The van der Waals surface area contributed by atoms with Gasteiger partial charge >= 0.3 is 5.97 Å². The molecule has 8 heteroatoms. The topological polar surface area (TPSA) is 104 Å². The van der Waals surface area contributed by atoms with Gasteiger partial charge in [0.25, 0.3) is 5.91 Å². The van der Waals surface area contributed by atoms with Crippen LogP contribution in [0.15, 0.2) is 18.3 Å². The van der Waals surface area contributed by atoms with E-state index in [-0.39, 0.29) is 18.6 Å². The summed E-state index contributed by atoms with van der Waals surface area (Å²) in [5.74, 6) is -0.195. The predicted molar refractivity (Wildman–Crippen MR) is 87.7 cm³/mol. The fourth-order valence-electron chi connectivity index (χ4n) is 1.90. The van der Waals surface area contributed by atoms with Crippen LogP contribution in [0.3, 0.4) is 0 Å². The van der Waals surface area contributed by atoms with Crippen molar-refractivity contribution in [3.05, 3.63) is 23.2 Å². The van der Waals surface area contributed by atoms with E-state index >= 15 is 0 Å². The van der Waals surface area contributed by atoms with Crippen molar-refractivity contribution in [3.8, 4) is 5.75 Å². The molecule has 3 N–H and O–H groups in total. The van der Waals surface area contributed by atoms with E-state index in [1.165, 1.54) is 18.4 Å². The van der Waals surface area contributed by atoms with E-state index < -0.39 is 12.0 Å². The standard InChI is InChI=1S/C15H19N3O4S/c1-8(2)22-11-4-5-17-10-6-12(23-13(10)11)14(19)18-7-9(16)15(20)21-3/h4-6,8-9H,7,16H2,1-3H3,(H,18,19). The number of hydrogen-bond donors (Lipinski definition) is 2. The molecule has 23 heavy (non-hydrogen) atoms. The summed E-state index contributed by atoms with van der Waals surface area (Å²) in [5.41, 5.74) is 6.28. The molecule has 0 saturated carbocycles. The van der Waals surface area contributed by atoms with Crippen LogP contribution in [-0.2, 0) is 9.53 Å². The first-order chi connectivity index (χ1) is 10.9. The summed E-state index contributed by atoms with van der Waals surface area (Å²) in [5, 5.41) is 2.61. The van der Waals surface area contributed by atoms with E-state index in [1.54, 1.807) is 18.3 Å². The van der Waals surface area contributed by atoms with Gasteiger partial charge in [0.05, 0.1) is 28.3 Å². The number of thiophene rings is 1. The van der Waals surface area contributed by atoms with Gasteiger partial charge in [0.1, 0.15) is 11.8 Å². The zero-order valence-electron chi connectivity index (χ0n) is 13.2. The van der Waals surface area contributed by atoms with Gasteiger partial charge in [-0.1, -0.05) is 0 Å². The number of rotatable bonds is 6. The van der Waals surface area contributed by atoms with Crippen LogP contribution < -0.4 is 15.8 Å². The van der Waals surface area contributed by atoms with Gasteiger partial charge < -0.3 is 20.5 Å². The SMILES string of the molecule is COC(=O)C(N)CNC(=O)c1cc2nccc(OC(C)C)c2s1. The lowest BCUT2D eigenvalue weighted by Gasteiger charge is -2.10. The average Bonchev–Trinajstić information content (AvgIpc) is 2.96. The molecule has 0 bridgehead atoms. The summed E-state index contributed by atoms with van der Waals surface area (Å²) in [7, 11) is 1.25. The zero-order valence-corrected chi connectivity index (χ0v) is 14.0. The Morgan fingerprint density at radius 3 is 2.83 bits per heavy atom. The highest BCUT2D eigenvalue weighted by molar-refractivity contribution is 7.21. The van der Waals surface area contributed by atoms with Gasteiger partial charge in [0, 0.05) is 12.7 Å². The van der Waals surface area contributed by atoms with Gasteiger partial charge in [-0.05, 0) is 26.0 Å². The maximum atomic E-state index is 12.2. The van der Waals surface area contributed by atoms with Crippen LogP contribution in [0.5, 0.6) is 5.75 Å². The fourth-order valence-corrected chi connectivity index (χ4v) is 2.89. The van der Waals surface area contributed by atoms with Gasteiger partial charge in [-0.25, -0.2) is 0 Å². The number of nitrogens with two attached hydrogens (primary N) is 1. The Hall–Kier alpha value is -2.19. The highest BCUT2D eigenvalue weighted by atomic mass is 32.1. The number of nitrogens with zero attached hydrogens (tertiary/aromatic N) is 1. The van der Waals surface area contributed by atoms with Crippen LogP contribution in [0.2, 0.25) is 0 Å². The Kier molecular flexibility index (Phi) is 5.51. The number of ether oxygens (including phenoxy) is 2. The molecule has 0 aliphatic carbocycles. The van der Waals surface area contributed by atoms with Gasteiger partial charge in [0.2, 0.25) is 0 Å². The molecule has 0 aliphatic rings. The summed E-state index contributed by atoms with van der Waals surface area (Å²) in [6, 6.07) is 2.57. The lowest BCUT2D eigenvalue weighted by molar-refractivity contribution is -0.141. The number of amides is 1. The monoisotopic (exact) mass is 337 g/mol. The molecular formula is C15H19N3O4S. The Bertz CT molecular complexity index is 714. The molecule has 0 saturated heterocycles. The molecule has 1 unspecified atom stereocenters. The number of nitrogens with one attached hydrogen (secondary N) is 1. The van der Waals surface area contributed by atoms with Gasteiger partial charge in [-0.15, -0.1) is 11.3 Å². The molecule has 2 aromatic heterocycles. The smallest absolute Gasteiger partial charge is 0.324 e. The van der Waals surface area contributed by atoms with Gasteiger partial charge in [-0.2, -0.15) is 0 Å². The van der Waals surface area contributed by atoms with Crippen LogP contribution >= 0.6 is 11.3 Å². The molecule has 124 valence electrons. The second kappa shape index (κ2) is 7.38. The molecule has 0 fully saturated rings. The van der Waals surface area contributed by atoms with Crippen molar-refractivity contribution in [3.63, 3.8) is 0 Å². The molecule has 2 heterocycles. The Morgan fingerprint density at radius 2 is 2.17 bits per heavy atom. The first-order valence-electron chi connectivity index (χ1n) is 7.09. The molecule has 0 aromatic carbocycles. The second-order valence-corrected chi connectivity index (χ2v) is 6.19. The Balaban J connectivity index is 2.14. The Labute approximate surface area is 137 Å². The van der Waals surface area contributed by atoms with Gasteiger partial charge in [0.15, 0.2) is 0 Å². The van der Waals surface area contributed by atoms with Crippen molar-refractivity contribution in [2.45, 2.75) is 26.0 Å². The minimum Gasteiger partial charge on any atom is -0.489 e. The third-order valence-electron chi connectivity index (χ3n) is 2.95. The van der Waals surface area contributed by atoms with E-state index in [4.69, 9.17) is 10.5 Å². The first kappa shape index (κ1) is 17.2. The summed E-state index contributed by atoms with van der Waals surface area (Å²) in [6.07, 6.45) is 1.67. The summed E-state index contributed by atoms with van der Waals surface area (Å²) >= 11 is 1.28. The molecule has 0 radical (unpaired) electrons. The second-order valence-electron chi connectivity index (χ2n) is 5.14. The third kappa shape index (κ3) is 4.17. The molecule has 1 atom stereocenters. The van der Waals surface area contributed by atoms with Crippen molar-refractivity contribution < 1.29 is 19.1 Å². The van der Waals surface area contributed by atoms with Crippen molar-refractivity contribution in [1.82, 2.24) is 10.3 Å². The van der Waals surface area contributed by atoms with Crippen LogP contribution in [0.4, 0.5) is 0 Å². The molecule has 2 rings (SSSR count). The van der Waals surface area contributed by atoms with Crippen molar-refractivity contribution in [2.24, 2.45) is 5.73 Å². The number of fused-ring (bicyclic) bond motifs is 1. The van der Waals surface area contributed by atoms with Gasteiger partial charge in [-0.3, -0.25) is 14.6 Å². The van der Waals surface area contributed by atoms with Crippen LogP contribution in [0, 0.1) is 0 Å². The number of aromatic nitrogens is 1. The largest absolute Gasteiger partial charge is 0.489 e. The molecule has 0 spiro atoms. The number of carbonyl (C=O) groups excluding carboxylic acids is 2. The molecule has 1 amide bonds. The highest BCUT2D eigenvalue weighted by Crippen LogP contribution is 2.32.